The summed E-state index contributed by atoms with van der Waals surface area (Å²) in [4.78, 5) is 16.1. The van der Waals surface area contributed by atoms with E-state index in [2.05, 4.69) is 6.92 Å². The van der Waals surface area contributed by atoms with Gasteiger partial charge in [0.2, 0.25) is 15.9 Å². The third kappa shape index (κ3) is 4.24. The van der Waals surface area contributed by atoms with Crippen LogP contribution < -0.4 is 0 Å². The van der Waals surface area contributed by atoms with E-state index in [0.717, 1.165) is 32.0 Å². The molecule has 2 heterocycles. The molecule has 2 aliphatic heterocycles. The molecule has 144 valence electrons. The van der Waals surface area contributed by atoms with Gasteiger partial charge in [0.15, 0.2) is 0 Å². The molecule has 2 fully saturated rings. The van der Waals surface area contributed by atoms with E-state index in [1.165, 1.54) is 22.5 Å². The van der Waals surface area contributed by atoms with Crippen LogP contribution in [0.4, 0.5) is 4.39 Å². The van der Waals surface area contributed by atoms with Crippen LogP contribution in [0, 0.1) is 11.7 Å². The van der Waals surface area contributed by atoms with Gasteiger partial charge in [0.1, 0.15) is 10.7 Å². The second-order valence-corrected chi connectivity index (χ2v) is 9.10. The highest BCUT2D eigenvalue weighted by Crippen LogP contribution is 2.21. The van der Waals surface area contributed by atoms with E-state index in [4.69, 9.17) is 0 Å². The number of likely N-dealkylation sites (tertiary alicyclic amines) is 1. The average Bonchev–Trinajstić information content (AvgIpc) is 2.62. The second-order valence-electron chi connectivity index (χ2n) is 7.20. The van der Waals surface area contributed by atoms with Gasteiger partial charge in [-0.05, 0) is 30.9 Å². The Morgan fingerprint density at radius 2 is 1.85 bits per heavy atom. The van der Waals surface area contributed by atoms with Crippen LogP contribution in [-0.4, -0.2) is 74.2 Å². The smallest absolute Gasteiger partial charge is 0.246 e. The predicted molar refractivity (Wildman–Crippen MR) is 96.6 cm³/mol. The molecule has 0 bridgehead atoms. The Hall–Kier alpha value is -1.51. The van der Waals surface area contributed by atoms with Crippen molar-refractivity contribution in [2.75, 3.05) is 45.8 Å². The van der Waals surface area contributed by atoms with Crippen molar-refractivity contribution in [3.05, 3.63) is 30.1 Å². The molecule has 3 rings (SSSR count). The summed E-state index contributed by atoms with van der Waals surface area (Å²) in [5.74, 6) is -0.0817. The summed E-state index contributed by atoms with van der Waals surface area (Å²) in [6.45, 7) is 5.57. The third-order valence-corrected chi connectivity index (χ3v) is 7.09. The Kier molecular flexibility index (Phi) is 5.94. The first kappa shape index (κ1) is 19.3. The van der Waals surface area contributed by atoms with E-state index >= 15 is 0 Å². The summed E-state index contributed by atoms with van der Waals surface area (Å²) in [6, 6.07) is 5.43. The van der Waals surface area contributed by atoms with Crippen molar-refractivity contribution in [2.45, 2.75) is 24.7 Å². The van der Waals surface area contributed by atoms with Crippen LogP contribution in [0.2, 0.25) is 0 Å². The lowest BCUT2D eigenvalue weighted by atomic mass is 10.0. The van der Waals surface area contributed by atoms with Crippen LogP contribution >= 0.6 is 0 Å². The molecular formula is C18H26FN3O3S. The predicted octanol–water partition coefficient (Wildman–Crippen LogP) is 1.39. The van der Waals surface area contributed by atoms with Crippen LogP contribution in [0.3, 0.4) is 0 Å². The van der Waals surface area contributed by atoms with Crippen LogP contribution in [0.5, 0.6) is 0 Å². The fraction of sp³-hybridized carbons (Fsp3) is 0.611. The summed E-state index contributed by atoms with van der Waals surface area (Å²) >= 11 is 0. The number of hydrogen-bond donors (Lipinski definition) is 0. The van der Waals surface area contributed by atoms with Crippen molar-refractivity contribution < 1.29 is 17.6 Å². The van der Waals surface area contributed by atoms with Crippen molar-refractivity contribution in [3.63, 3.8) is 0 Å². The normalized spacial score (nSPS) is 23.2. The van der Waals surface area contributed by atoms with Gasteiger partial charge in [-0.2, -0.15) is 4.31 Å². The Balaban J connectivity index is 1.56. The molecule has 0 radical (unpaired) electrons. The van der Waals surface area contributed by atoms with Crippen molar-refractivity contribution >= 4 is 15.9 Å². The number of amides is 1. The maximum Gasteiger partial charge on any atom is 0.246 e. The van der Waals surface area contributed by atoms with Gasteiger partial charge in [0.25, 0.3) is 0 Å². The van der Waals surface area contributed by atoms with Gasteiger partial charge in [0, 0.05) is 39.3 Å². The van der Waals surface area contributed by atoms with Crippen molar-refractivity contribution in [2.24, 2.45) is 5.92 Å². The minimum Gasteiger partial charge on any atom is -0.341 e. The Morgan fingerprint density at radius 1 is 1.15 bits per heavy atom. The van der Waals surface area contributed by atoms with Gasteiger partial charge in [0.05, 0.1) is 6.54 Å². The largest absolute Gasteiger partial charge is 0.341 e. The summed E-state index contributed by atoms with van der Waals surface area (Å²) in [5.41, 5.74) is 0. The first-order valence-electron chi connectivity index (χ1n) is 9.13. The molecule has 0 saturated carbocycles. The topological polar surface area (TPSA) is 60.9 Å². The molecule has 0 unspecified atom stereocenters. The average molecular weight is 383 g/mol. The standard InChI is InChI=1S/C18H26FN3O3S/c1-15-5-4-8-21(13-15)18(23)14-20-9-11-22(12-10-20)26(24,25)17-7-3-2-6-16(17)19/h2-3,6-7,15H,4-5,8-14H2,1H3/t15-/m0/s1. The molecule has 1 aromatic rings. The van der Waals surface area contributed by atoms with Crippen molar-refractivity contribution in [3.8, 4) is 0 Å². The molecule has 8 heteroatoms. The number of piperidine rings is 1. The van der Waals surface area contributed by atoms with Gasteiger partial charge in [-0.15, -0.1) is 0 Å². The monoisotopic (exact) mass is 383 g/mol. The molecule has 0 spiro atoms. The lowest BCUT2D eigenvalue weighted by Gasteiger charge is -2.36. The fourth-order valence-corrected chi connectivity index (χ4v) is 5.12. The molecule has 0 N–H and O–H groups in total. The van der Waals surface area contributed by atoms with E-state index in [9.17, 15) is 17.6 Å². The van der Waals surface area contributed by atoms with Gasteiger partial charge in [-0.1, -0.05) is 19.1 Å². The first-order chi connectivity index (χ1) is 12.4. The number of sulfonamides is 1. The molecule has 26 heavy (non-hydrogen) atoms. The minimum atomic E-state index is -3.84. The number of benzene rings is 1. The molecule has 0 aliphatic carbocycles. The van der Waals surface area contributed by atoms with Gasteiger partial charge in [-0.3, -0.25) is 9.69 Å². The van der Waals surface area contributed by atoms with E-state index in [0.29, 0.717) is 25.6 Å². The molecule has 1 aromatic carbocycles. The molecule has 1 atom stereocenters. The Labute approximate surface area is 154 Å². The zero-order valence-corrected chi connectivity index (χ0v) is 15.9. The van der Waals surface area contributed by atoms with Crippen molar-refractivity contribution in [1.29, 1.82) is 0 Å². The van der Waals surface area contributed by atoms with E-state index in [1.54, 1.807) is 0 Å². The summed E-state index contributed by atoms with van der Waals surface area (Å²) in [7, 11) is -3.84. The van der Waals surface area contributed by atoms with Crippen LogP contribution in [0.15, 0.2) is 29.2 Å². The molecule has 6 nitrogen and oxygen atoms in total. The Morgan fingerprint density at radius 3 is 2.50 bits per heavy atom. The lowest BCUT2D eigenvalue weighted by Crippen LogP contribution is -2.52. The van der Waals surface area contributed by atoms with Crippen LogP contribution in [0.1, 0.15) is 19.8 Å². The second kappa shape index (κ2) is 8.02. The number of hydrogen-bond acceptors (Lipinski definition) is 4. The number of carbonyl (C=O) groups is 1. The lowest BCUT2D eigenvalue weighted by molar-refractivity contribution is -0.134. The van der Waals surface area contributed by atoms with E-state index in [-0.39, 0.29) is 23.9 Å². The first-order valence-corrected chi connectivity index (χ1v) is 10.6. The minimum absolute atomic E-state index is 0.113. The van der Waals surface area contributed by atoms with Crippen molar-refractivity contribution in [1.82, 2.24) is 14.1 Å². The SMILES string of the molecule is C[C@H]1CCCN(C(=O)CN2CCN(S(=O)(=O)c3ccccc3F)CC2)C1. The maximum atomic E-state index is 13.9. The molecule has 1 amide bonds. The summed E-state index contributed by atoms with van der Waals surface area (Å²) in [6.07, 6.45) is 2.21. The van der Waals surface area contributed by atoms with Crippen LogP contribution in [-0.2, 0) is 14.8 Å². The molecule has 2 aliphatic rings. The molecular weight excluding hydrogens is 357 g/mol. The highest BCUT2D eigenvalue weighted by molar-refractivity contribution is 7.89. The van der Waals surface area contributed by atoms with E-state index < -0.39 is 15.8 Å². The third-order valence-electron chi connectivity index (χ3n) is 5.15. The summed E-state index contributed by atoms with van der Waals surface area (Å²) in [5, 5.41) is 0. The number of rotatable bonds is 4. The number of piperazine rings is 1. The Bertz CT molecular complexity index is 748. The number of carbonyl (C=O) groups excluding carboxylic acids is 1. The van der Waals surface area contributed by atoms with Crippen LogP contribution in [0.25, 0.3) is 0 Å². The maximum absolute atomic E-state index is 13.9. The van der Waals surface area contributed by atoms with Gasteiger partial charge >= 0.3 is 0 Å². The summed E-state index contributed by atoms with van der Waals surface area (Å²) < 4.78 is 40.4. The highest BCUT2D eigenvalue weighted by atomic mass is 32.2. The fourth-order valence-electron chi connectivity index (χ4n) is 3.63. The quantitative estimate of drug-likeness (QED) is 0.788. The van der Waals surface area contributed by atoms with E-state index in [1.807, 2.05) is 9.80 Å². The number of nitrogens with zero attached hydrogens (tertiary/aromatic N) is 3. The molecule has 2 saturated heterocycles. The molecule has 0 aromatic heterocycles. The zero-order chi connectivity index (χ0) is 18.7. The van der Waals surface area contributed by atoms with Gasteiger partial charge in [-0.25, -0.2) is 12.8 Å². The number of halogens is 1. The van der Waals surface area contributed by atoms with Gasteiger partial charge < -0.3 is 4.90 Å². The highest BCUT2D eigenvalue weighted by Gasteiger charge is 2.31. The zero-order valence-electron chi connectivity index (χ0n) is 15.1.